The summed E-state index contributed by atoms with van der Waals surface area (Å²) in [6.45, 7) is 2.60. The summed E-state index contributed by atoms with van der Waals surface area (Å²) in [6.07, 6.45) is 0.778. The predicted octanol–water partition coefficient (Wildman–Crippen LogP) is -2.92. The molecule has 0 fully saturated rings. The Labute approximate surface area is 183 Å². The number of nitrogens with two attached hydrogens (primary N) is 1. The van der Waals surface area contributed by atoms with Crippen molar-refractivity contribution in [3.63, 3.8) is 0 Å². The van der Waals surface area contributed by atoms with Crippen molar-refractivity contribution in [3.8, 4) is 0 Å². The molecule has 1 heterocycles. The minimum atomic E-state index is -1.46. The molecule has 3 amide bonds. The Bertz CT molecular complexity index is 812. The minimum Gasteiger partial charge on any atom is -0.481 e. The van der Waals surface area contributed by atoms with E-state index in [0.717, 1.165) is 0 Å². The van der Waals surface area contributed by atoms with E-state index in [9.17, 15) is 29.1 Å². The Balaban J connectivity index is 2.83. The molecule has 1 rings (SSSR count). The van der Waals surface area contributed by atoms with Crippen molar-refractivity contribution in [2.45, 2.75) is 63.4 Å². The van der Waals surface area contributed by atoms with E-state index < -0.39 is 66.4 Å². The molecule has 0 saturated heterocycles. The first kappa shape index (κ1) is 26.5. The number of imidazole rings is 1. The quantitative estimate of drug-likeness (QED) is 0.150. The van der Waals surface area contributed by atoms with Crippen molar-refractivity contribution >= 4 is 29.7 Å². The highest BCUT2D eigenvalue weighted by molar-refractivity contribution is 5.94. The second-order valence-corrected chi connectivity index (χ2v) is 7.17. The zero-order valence-electron chi connectivity index (χ0n) is 17.6. The minimum absolute atomic E-state index is 0.0329. The first-order valence-electron chi connectivity index (χ1n) is 9.69. The highest BCUT2D eigenvalue weighted by atomic mass is 16.4. The molecule has 0 aromatic carbocycles. The third-order valence-electron chi connectivity index (χ3n) is 4.45. The number of aromatic nitrogens is 2. The molecule has 0 aliphatic rings. The molecule has 0 saturated carbocycles. The maximum Gasteiger partial charge on any atom is 0.326 e. The normalized spacial score (nSPS) is 15.5. The van der Waals surface area contributed by atoms with Gasteiger partial charge in [-0.25, -0.2) is 9.78 Å². The number of carbonyl (C=O) groups is 5. The molecule has 0 spiro atoms. The molecule has 14 heteroatoms. The van der Waals surface area contributed by atoms with Gasteiger partial charge >= 0.3 is 11.9 Å². The van der Waals surface area contributed by atoms with Crippen LogP contribution in [0.15, 0.2) is 12.5 Å². The van der Waals surface area contributed by atoms with Gasteiger partial charge in [0.05, 0.1) is 12.4 Å². The van der Waals surface area contributed by atoms with E-state index in [-0.39, 0.29) is 12.8 Å². The summed E-state index contributed by atoms with van der Waals surface area (Å²) in [4.78, 5) is 65.7. The Kier molecular flexibility index (Phi) is 10.2. The number of rotatable bonds is 13. The fourth-order valence-corrected chi connectivity index (χ4v) is 2.51. The fraction of sp³-hybridized carbons (Fsp3) is 0.556. The molecule has 5 unspecified atom stereocenters. The van der Waals surface area contributed by atoms with Gasteiger partial charge in [-0.05, 0) is 20.3 Å². The maximum atomic E-state index is 12.7. The maximum absolute atomic E-state index is 12.7. The molecule has 32 heavy (non-hydrogen) atoms. The summed E-state index contributed by atoms with van der Waals surface area (Å²) in [6, 6.07) is -5.15. The van der Waals surface area contributed by atoms with Crippen molar-refractivity contribution in [1.29, 1.82) is 0 Å². The molecular formula is C18H28N6O8. The number of nitrogens with one attached hydrogen (secondary N) is 4. The molecule has 9 N–H and O–H groups in total. The average Bonchev–Trinajstić information content (AvgIpc) is 3.22. The van der Waals surface area contributed by atoms with E-state index in [1.165, 1.54) is 26.4 Å². The molecule has 5 atom stereocenters. The average molecular weight is 456 g/mol. The Morgan fingerprint density at radius 1 is 1.03 bits per heavy atom. The number of amides is 3. The second kappa shape index (κ2) is 12.4. The number of aliphatic hydroxyl groups excluding tert-OH is 1. The standard InChI is InChI=1S/C18H28N6O8/c1-8(15(28)23-11(18(31)32)3-4-13(26)27)22-16(29)12(5-10-6-20-7-21-10)24-17(30)14(19)9(2)25/h6-9,11-12,14,25H,3-5,19H2,1-2H3,(H,20,21)(H,22,29)(H,23,28)(H,24,30)(H,26,27)(H,31,32). The Hall–Kier alpha value is -3.52. The topological polar surface area (TPSA) is 237 Å². The van der Waals surface area contributed by atoms with Gasteiger partial charge in [0.25, 0.3) is 0 Å². The zero-order chi connectivity index (χ0) is 24.4. The number of carbonyl (C=O) groups excluding carboxylic acids is 3. The summed E-state index contributed by atoms with van der Waals surface area (Å²) < 4.78 is 0. The largest absolute Gasteiger partial charge is 0.481 e. The molecule has 1 aromatic heterocycles. The summed E-state index contributed by atoms with van der Waals surface area (Å²) in [7, 11) is 0. The number of hydrogen-bond donors (Lipinski definition) is 8. The van der Waals surface area contributed by atoms with Gasteiger partial charge < -0.3 is 42.0 Å². The SMILES string of the molecule is CC(NC(=O)C(Cc1cnc[nH]1)NC(=O)C(N)C(C)O)C(=O)NC(CCC(=O)O)C(=O)O. The monoisotopic (exact) mass is 456 g/mol. The van der Waals surface area contributed by atoms with Crippen LogP contribution >= 0.6 is 0 Å². The van der Waals surface area contributed by atoms with Crippen molar-refractivity contribution in [3.05, 3.63) is 18.2 Å². The summed E-state index contributed by atoms with van der Waals surface area (Å²) in [5, 5.41) is 34.2. The zero-order valence-corrected chi connectivity index (χ0v) is 17.6. The van der Waals surface area contributed by atoms with Crippen LogP contribution in [0.4, 0.5) is 0 Å². The van der Waals surface area contributed by atoms with Crippen LogP contribution < -0.4 is 21.7 Å². The van der Waals surface area contributed by atoms with Crippen LogP contribution in [0.1, 0.15) is 32.4 Å². The van der Waals surface area contributed by atoms with Crippen molar-refractivity contribution in [2.24, 2.45) is 5.73 Å². The molecule has 178 valence electrons. The van der Waals surface area contributed by atoms with Crippen molar-refractivity contribution in [1.82, 2.24) is 25.9 Å². The third-order valence-corrected chi connectivity index (χ3v) is 4.45. The number of carboxylic acids is 2. The van der Waals surface area contributed by atoms with Crippen LogP contribution in [-0.2, 0) is 30.4 Å². The molecule has 14 nitrogen and oxygen atoms in total. The molecule has 0 radical (unpaired) electrons. The van der Waals surface area contributed by atoms with Gasteiger partial charge in [-0.1, -0.05) is 0 Å². The van der Waals surface area contributed by atoms with Crippen LogP contribution in [-0.4, -0.2) is 85.2 Å². The van der Waals surface area contributed by atoms with E-state index in [4.69, 9.17) is 15.9 Å². The molecule has 0 aliphatic heterocycles. The second-order valence-electron chi connectivity index (χ2n) is 7.17. The van der Waals surface area contributed by atoms with Crippen LogP contribution in [0.25, 0.3) is 0 Å². The van der Waals surface area contributed by atoms with Crippen LogP contribution in [0, 0.1) is 0 Å². The predicted molar refractivity (Wildman–Crippen MR) is 108 cm³/mol. The molecular weight excluding hydrogens is 428 g/mol. The number of carboxylic acid groups (broad SMARTS) is 2. The molecule has 0 aliphatic carbocycles. The first-order valence-corrected chi connectivity index (χ1v) is 9.69. The van der Waals surface area contributed by atoms with E-state index >= 15 is 0 Å². The van der Waals surface area contributed by atoms with Crippen molar-refractivity contribution in [2.75, 3.05) is 0 Å². The summed E-state index contributed by atoms with van der Waals surface area (Å²) in [5.74, 6) is -5.07. The van der Waals surface area contributed by atoms with Gasteiger partial charge in [-0.15, -0.1) is 0 Å². The highest BCUT2D eigenvalue weighted by Crippen LogP contribution is 2.03. The van der Waals surface area contributed by atoms with Crippen LogP contribution in [0.3, 0.4) is 0 Å². The summed E-state index contributed by atoms with van der Waals surface area (Å²) in [5.41, 5.74) is 6.08. The van der Waals surface area contributed by atoms with E-state index in [1.807, 2.05) is 0 Å². The fourth-order valence-electron chi connectivity index (χ4n) is 2.51. The molecule has 0 bridgehead atoms. The van der Waals surface area contributed by atoms with Gasteiger partial charge in [0.2, 0.25) is 17.7 Å². The lowest BCUT2D eigenvalue weighted by molar-refractivity contribution is -0.143. The number of H-pyrrole nitrogens is 1. The smallest absolute Gasteiger partial charge is 0.326 e. The van der Waals surface area contributed by atoms with Gasteiger partial charge in [0.1, 0.15) is 24.2 Å². The lowest BCUT2D eigenvalue weighted by Gasteiger charge is -2.23. The first-order chi connectivity index (χ1) is 14.9. The van der Waals surface area contributed by atoms with Gasteiger partial charge in [0.15, 0.2) is 0 Å². The van der Waals surface area contributed by atoms with Crippen LogP contribution in [0.2, 0.25) is 0 Å². The highest BCUT2D eigenvalue weighted by Gasteiger charge is 2.29. The van der Waals surface area contributed by atoms with E-state index in [2.05, 4.69) is 25.9 Å². The third kappa shape index (κ3) is 8.69. The van der Waals surface area contributed by atoms with Crippen molar-refractivity contribution < 1.29 is 39.3 Å². The lowest BCUT2D eigenvalue weighted by atomic mass is 10.1. The number of aromatic amines is 1. The van der Waals surface area contributed by atoms with Gasteiger partial charge in [0, 0.05) is 24.7 Å². The van der Waals surface area contributed by atoms with Crippen LogP contribution in [0.5, 0.6) is 0 Å². The van der Waals surface area contributed by atoms with E-state index in [1.54, 1.807) is 0 Å². The van der Waals surface area contributed by atoms with E-state index in [0.29, 0.717) is 5.69 Å². The number of nitrogens with zero attached hydrogens (tertiary/aromatic N) is 1. The summed E-state index contributed by atoms with van der Waals surface area (Å²) >= 11 is 0. The number of aliphatic carboxylic acids is 2. The lowest BCUT2D eigenvalue weighted by Crippen LogP contribution is -2.58. The van der Waals surface area contributed by atoms with Gasteiger partial charge in [-0.2, -0.15) is 0 Å². The Morgan fingerprint density at radius 3 is 2.16 bits per heavy atom. The van der Waals surface area contributed by atoms with Gasteiger partial charge in [-0.3, -0.25) is 19.2 Å². The Morgan fingerprint density at radius 2 is 1.66 bits per heavy atom. The number of hydrogen-bond acceptors (Lipinski definition) is 8. The number of aliphatic hydroxyl groups is 1. The molecule has 1 aromatic rings.